The highest BCUT2D eigenvalue weighted by Gasteiger charge is 2.76. The van der Waals surface area contributed by atoms with E-state index in [1.807, 2.05) is 0 Å². The Morgan fingerprint density at radius 3 is 2.29 bits per heavy atom. The fourth-order valence-electron chi connectivity index (χ4n) is 2.35. The number of alkyl halides is 7. The number of aromatic nitrogens is 2. The number of hydrogen-bond acceptors (Lipinski definition) is 2. The van der Waals surface area contributed by atoms with Crippen LogP contribution in [-0.4, -0.2) is 33.7 Å². The van der Waals surface area contributed by atoms with Gasteiger partial charge in [0, 0.05) is 5.02 Å². The SMILES string of the molecule is Cc1nn(Cc2cccc(Cl)c2)c(C)c1NC(=O)C(F)(F)C(F)(F)C(F)(F)F. The molecule has 1 aromatic heterocycles. The van der Waals surface area contributed by atoms with E-state index in [1.54, 1.807) is 24.3 Å². The van der Waals surface area contributed by atoms with Gasteiger partial charge in [-0.2, -0.15) is 35.8 Å². The number of nitrogens with zero attached hydrogens (tertiary/aromatic N) is 2. The monoisotopic (exact) mass is 431 g/mol. The van der Waals surface area contributed by atoms with E-state index in [2.05, 4.69) is 5.10 Å². The van der Waals surface area contributed by atoms with Crippen molar-refractivity contribution in [2.45, 2.75) is 38.4 Å². The summed E-state index contributed by atoms with van der Waals surface area (Å²) in [6.07, 6.45) is -6.60. The first kappa shape index (κ1) is 22.0. The van der Waals surface area contributed by atoms with Crippen LogP contribution in [0, 0.1) is 13.8 Å². The molecular formula is C16H13ClF7N3O. The van der Waals surface area contributed by atoms with Gasteiger partial charge in [-0.05, 0) is 31.5 Å². The van der Waals surface area contributed by atoms with Gasteiger partial charge in [-0.3, -0.25) is 9.48 Å². The van der Waals surface area contributed by atoms with Gasteiger partial charge in [-0.15, -0.1) is 0 Å². The molecule has 0 saturated heterocycles. The number of amides is 1. The molecule has 0 radical (unpaired) electrons. The van der Waals surface area contributed by atoms with Gasteiger partial charge in [0.25, 0.3) is 0 Å². The van der Waals surface area contributed by atoms with Crippen LogP contribution in [0.1, 0.15) is 17.0 Å². The van der Waals surface area contributed by atoms with Crippen molar-refractivity contribution in [3.05, 3.63) is 46.2 Å². The molecule has 28 heavy (non-hydrogen) atoms. The number of carbonyl (C=O) groups is 1. The molecule has 0 unspecified atom stereocenters. The first-order valence-corrected chi connectivity index (χ1v) is 7.98. The summed E-state index contributed by atoms with van der Waals surface area (Å²) in [6, 6.07) is 6.53. The Labute approximate surface area is 159 Å². The number of aryl methyl sites for hydroxylation is 1. The minimum absolute atomic E-state index is 0.0426. The fraction of sp³-hybridized carbons (Fsp3) is 0.375. The summed E-state index contributed by atoms with van der Waals surface area (Å²) in [7, 11) is 0. The number of hydrogen-bond donors (Lipinski definition) is 1. The van der Waals surface area contributed by atoms with Gasteiger partial charge in [0.2, 0.25) is 0 Å². The topological polar surface area (TPSA) is 46.9 Å². The number of anilines is 1. The molecule has 154 valence electrons. The number of halogens is 8. The second-order valence-electron chi connectivity index (χ2n) is 5.93. The maximum Gasteiger partial charge on any atom is 0.460 e. The van der Waals surface area contributed by atoms with E-state index < -0.39 is 23.9 Å². The van der Waals surface area contributed by atoms with Gasteiger partial charge in [0.05, 0.1) is 23.6 Å². The lowest BCUT2D eigenvalue weighted by atomic mass is 10.1. The smallest absolute Gasteiger partial charge is 0.317 e. The Hall–Kier alpha value is -2.30. The second-order valence-corrected chi connectivity index (χ2v) is 6.37. The van der Waals surface area contributed by atoms with Crippen molar-refractivity contribution in [3.8, 4) is 0 Å². The van der Waals surface area contributed by atoms with E-state index in [0.717, 1.165) is 0 Å². The standard InChI is InChI=1S/C16H13ClF7N3O/c1-8-12(25-13(28)14(18,19)15(20,21)16(22,23)24)9(2)27(26-8)7-10-4-3-5-11(17)6-10/h3-6H,7H2,1-2H3,(H,25,28). The predicted molar refractivity (Wildman–Crippen MR) is 86.8 cm³/mol. The van der Waals surface area contributed by atoms with Gasteiger partial charge in [-0.25, -0.2) is 0 Å². The number of nitrogens with one attached hydrogen (secondary N) is 1. The van der Waals surface area contributed by atoms with Crippen molar-refractivity contribution < 1.29 is 35.5 Å². The summed E-state index contributed by atoms with van der Waals surface area (Å²) in [4.78, 5) is 11.5. The normalized spacial score (nSPS) is 12.9. The van der Waals surface area contributed by atoms with Crippen LogP contribution in [0.5, 0.6) is 0 Å². The summed E-state index contributed by atoms with van der Waals surface area (Å²) < 4.78 is 91.0. The lowest BCUT2D eigenvalue weighted by molar-refractivity contribution is -0.343. The number of rotatable bonds is 5. The van der Waals surface area contributed by atoms with Gasteiger partial charge >= 0.3 is 23.9 Å². The van der Waals surface area contributed by atoms with Gasteiger partial charge in [0.1, 0.15) is 0 Å². The average molecular weight is 432 g/mol. The van der Waals surface area contributed by atoms with Crippen molar-refractivity contribution in [2.75, 3.05) is 5.32 Å². The lowest BCUT2D eigenvalue weighted by Gasteiger charge is -2.27. The Bertz CT molecular complexity index is 893. The highest BCUT2D eigenvalue weighted by molar-refractivity contribution is 6.30. The van der Waals surface area contributed by atoms with Crippen LogP contribution in [0.2, 0.25) is 5.02 Å². The molecule has 0 aliphatic heterocycles. The zero-order valence-electron chi connectivity index (χ0n) is 14.3. The Kier molecular flexibility index (Phi) is 5.71. The minimum Gasteiger partial charge on any atom is -0.317 e. The molecule has 0 spiro atoms. The maximum absolute atomic E-state index is 13.5. The highest BCUT2D eigenvalue weighted by Crippen LogP contribution is 2.47. The van der Waals surface area contributed by atoms with Crippen molar-refractivity contribution >= 4 is 23.2 Å². The molecular weight excluding hydrogens is 419 g/mol. The van der Waals surface area contributed by atoms with E-state index >= 15 is 0 Å². The summed E-state index contributed by atoms with van der Waals surface area (Å²) >= 11 is 5.85. The van der Waals surface area contributed by atoms with Crippen LogP contribution < -0.4 is 5.32 Å². The molecule has 0 fully saturated rings. The van der Waals surface area contributed by atoms with Crippen molar-refractivity contribution in [1.82, 2.24) is 9.78 Å². The van der Waals surface area contributed by atoms with E-state index in [0.29, 0.717) is 10.6 Å². The summed E-state index contributed by atoms with van der Waals surface area (Å²) in [5.74, 6) is -15.3. The molecule has 1 amide bonds. The summed E-state index contributed by atoms with van der Waals surface area (Å²) in [5.41, 5.74) is 0.311. The molecule has 0 saturated carbocycles. The summed E-state index contributed by atoms with van der Waals surface area (Å²) in [6.45, 7) is 2.70. The van der Waals surface area contributed by atoms with Crippen LogP contribution >= 0.6 is 11.6 Å². The second kappa shape index (κ2) is 7.26. The molecule has 2 rings (SSSR count). The first-order valence-electron chi connectivity index (χ1n) is 7.60. The molecule has 0 aliphatic rings. The molecule has 0 atom stereocenters. The van der Waals surface area contributed by atoms with Gasteiger partial charge in [-0.1, -0.05) is 23.7 Å². The molecule has 4 nitrogen and oxygen atoms in total. The first-order chi connectivity index (χ1) is 12.7. The van der Waals surface area contributed by atoms with Crippen LogP contribution in [-0.2, 0) is 11.3 Å². The average Bonchev–Trinajstić information content (AvgIpc) is 2.81. The molecule has 1 aromatic carbocycles. The van der Waals surface area contributed by atoms with Crippen LogP contribution in [0.15, 0.2) is 24.3 Å². The third kappa shape index (κ3) is 3.94. The maximum atomic E-state index is 13.5. The Morgan fingerprint density at radius 2 is 1.75 bits per heavy atom. The van der Waals surface area contributed by atoms with E-state index in [-0.39, 0.29) is 23.6 Å². The summed E-state index contributed by atoms with van der Waals surface area (Å²) in [5, 5.41) is 5.84. The molecule has 2 aromatic rings. The van der Waals surface area contributed by atoms with Gasteiger partial charge in [0.15, 0.2) is 0 Å². The van der Waals surface area contributed by atoms with Gasteiger partial charge < -0.3 is 5.32 Å². The molecule has 1 heterocycles. The molecule has 0 bridgehead atoms. The molecule has 0 aliphatic carbocycles. The molecule has 12 heteroatoms. The Balaban J connectivity index is 2.30. The predicted octanol–water partition coefficient (Wildman–Crippen LogP) is 4.97. The highest BCUT2D eigenvalue weighted by atomic mass is 35.5. The zero-order chi connectivity index (χ0) is 21.5. The molecule has 1 N–H and O–H groups in total. The minimum atomic E-state index is -6.60. The third-order valence-electron chi connectivity index (χ3n) is 3.88. The Morgan fingerprint density at radius 1 is 1.14 bits per heavy atom. The van der Waals surface area contributed by atoms with E-state index in [1.165, 1.54) is 23.8 Å². The van der Waals surface area contributed by atoms with Crippen molar-refractivity contribution in [2.24, 2.45) is 0 Å². The van der Waals surface area contributed by atoms with Crippen molar-refractivity contribution in [1.29, 1.82) is 0 Å². The number of benzene rings is 1. The quantitative estimate of drug-likeness (QED) is 0.679. The van der Waals surface area contributed by atoms with E-state index in [4.69, 9.17) is 11.6 Å². The fourth-order valence-corrected chi connectivity index (χ4v) is 2.57. The van der Waals surface area contributed by atoms with E-state index in [9.17, 15) is 35.5 Å². The third-order valence-corrected chi connectivity index (χ3v) is 4.11. The largest absolute Gasteiger partial charge is 0.460 e. The van der Waals surface area contributed by atoms with Crippen molar-refractivity contribution in [3.63, 3.8) is 0 Å². The zero-order valence-corrected chi connectivity index (χ0v) is 15.1. The van der Waals surface area contributed by atoms with Crippen LogP contribution in [0.4, 0.5) is 36.4 Å². The number of carbonyl (C=O) groups excluding carboxylic acids is 1. The van der Waals surface area contributed by atoms with Crippen LogP contribution in [0.3, 0.4) is 0 Å². The van der Waals surface area contributed by atoms with Crippen LogP contribution in [0.25, 0.3) is 0 Å². The lowest BCUT2D eigenvalue weighted by Crippen LogP contribution is -2.57.